The molecule has 4 N–H and O–H groups in total. The van der Waals surface area contributed by atoms with Crippen LogP contribution in [-0.4, -0.2) is 44.6 Å². The first-order valence-corrected chi connectivity index (χ1v) is 17.4. The molecule has 46 heavy (non-hydrogen) atoms. The maximum absolute atomic E-state index is 13.0. The van der Waals surface area contributed by atoms with E-state index in [0.717, 1.165) is 44.9 Å². The first kappa shape index (κ1) is 33.1. The molecule has 0 aromatic heterocycles. The Morgan fingerprint density at radius 2 is 1.65 bits per heavy atom. The third-order valence-corrected chi connectivity index (χ3v) is 15.0. The van der Waals surface area contributed by atoms with Gasteiger partial charge in [0.05, 0.1) is 11.5 Å². The number of phenolic OH excluding ortho intramolecular Hbond substituents is 2. The van der Waals surface area contributed by atoms with Crippen LogP contribution >= 0.6 is 0 Å². The number of aliphatic carboxylic acids is 1. The van der Waals surface area contributed by atoms with Crippen LogP contribution in [0.4, 0.5) is 0 Å². The molecule has 11 atom stereocenters. The molecule has 4 saturated carbocycles. The molecule has 0 aliphatic heterocycles. The molecule has 5 aliphatic rings. The van der Waals surface area contributed by atoms with Crippen molar-refractivity contribution in [1.82, 2.24) is 0 Å². The topological polar surface area (TPSA) is 124 Å². The van der Waals surface area contributed by atoms with Crippen LogP contribution in [0, 0.1) is 56.7 Å². The van der Waals surface area contributed by atoms with Gasteiger partial charge in [-0.25, -0.2) is 4.79 Å². The largest absolute Gasteiger partial charge is 0.504 e. The van der Waals surface area contributed by atoms with Crippen LogP contribution in [0.1, 0.15) is 105 Å². The molecule has 0 saturated heterocycles. The molecular formula is C39H54O7. The number of benzene rings is 1. The number of ether oxygens (including phenoxy) is 1. The molecule has 11 unspecified atom stereocenters. The summed E-state index contributed by atoms with van der Waals surface area (Å²) in [6, 6.07) is 4.33. The van der Waals surface area contributed by atoms with E-state index in [1.54, 1.807) is 6.07 Å². The molecule has 0 radical (unpaired) electrons. The van der Waals surface area contributed by atoms with Crippen molar-refractivity contribution in [3.8, 4) is 11.5 Å². The second-order valence-electron chi connectivity index (χ2n) is 17.1. The van der Waals surface area contributed by atoms with Crippen molar-refractivity contribution < 1.29 is 34.8 Å². The highest BCUT2D eigenvalue weighted by atomic mass is 16.6. The molecule has 5 aliphatic carbocycles. The van der Waals surface area contributed by atoms with E-state index in [4.69, 9.17) is 4.74 Å². The standard InChI is InChI=1S/C39H54O7/c1-22-14-17-39(34(44)45)19-18-37(6)25(32(39)23(22)2)10-12-30-36(5)21-28(42)33(35(3,4)29(36)15-16-38(30,37)7)46-31(43)13-9-24-8-11-26(40)27(41)20-24/h8-11,13,20,22-23,28-30,32-33,40-42H,12,14-19,21H2,1-7H3,(H,44,45). The summed E-state index contributed by atoms with van der Waals surface area (Å²) in [7, 11) is 0. The number of fused-ring (bicyclic) bond motifs is 7. The molecule has 252 valence electrons. The van der Waals surface area contributed by atoms with Gasteiger partial charge in [-0.2, -0.15) is 0 Å². The Hall–Kier alpha value is -2.80. The Labute approximate surface area is 274 Å². The van der Waals surface area contributed by atoms with E-state index in [-0.39, 0.29) is 39.6 Å². The number of carbonyl (C=O) groups excluding carboxylic acids is 1. The Bertz CT molecular complexity index is 1480. The molecule has 7 nitrogen and oxygen atoms in total. The number of carboxylic acid groups (broad SMARTS) is 1. The van der Waals surface area contributed by atoms with Gasteiger partial charge in [-0.15, -0.1) is 0 Å². The first-order valence-electron chi connectivity index (χ1n) is 17.4. The predicted molar refractivity (Wildman–Crippen MR) is 177 cm³/mol. The minimum absolute atomic E-state index is 0.0366. The van der Waals surface area contributed by atoms with E-state index >= 15 is 0 Å². The monoisotopic (exact) mass is 634 g/mol. The highest BCUT2D eigenvalue weighted by Gasteiger charge is 2.70. The summed E-state index contributed by atoms with van der Waals surface area (Å²) in [5.74, 6) is -0.237. The summed E-state index contributed by atoms with van der Waals surface area (Å²) in [4.78, 5) is 26.0. The number of aliphatic hydroxyl groups excluding tert-OH is 1. The summed E-state index contributed by atoms with van der Waals surface area (Å²) in [5.41, 5.74) is 0.479. The minimum atomic E-state index is -0.822. The Morgan fingerprint density at radius 1 is 0.935 bits per heavy atom. The van der Waals surface area contributed by atoms with Gasteiger partial charge in [-0.05, 0) is 121 Å². The fourth-order valence-electron chi connectivity index (χ4n) is 12.2. The normalized spacial score (nSPS) is 44.6. The number of aromatic hydroxyl groups is 2. The van der Waals surface area contributed by atoms with Gasteiger partial charge in [-0.1, -0.05) is 66.2 Å². The van der Waals surface area contributed by atoms with Gasteiger partial charge >= 0.3 is 11.9 Å². The van der Waals surface area contributed by atoms with Crippen LogP contribution in [0.25, 0.3) is 6.08 Å². The van der Waals surface area contributed by atoms with Gasteiger partial charge in [0.2, 0.25) is 0 Å². The van der Waals surface area contributed by atoms with Gasteiger partial charge in [0.15, 0.2) is 11.5 Å². The van der Waals surface area contributed by atoms with Crippen LogP contribution < -0.4 is 0 Å². The Morgan fingerprint density at radius 3 is 2.33 bits per heavy atom. The minimum Gasteiger partial charge on any atom is -0.504 e. The maximum Gasteiger partial charge on any atom is 0.331 e. The maximum atomic E-state index is 13.0. The summed E-state index contributed by atoms with van der Waals surface area (Å²) < 4.78 is 6.01. The van der Waals surface area contributed by atoms with Crippen LogP contribution in [0.3, 0.4) is 0 Å². The molecule has 4 fully saturated rings. The van der Waals surface area contributed by atoms with Crippen molar-refractivity contribution in [3.63, 3.8) is 0 Å². The predicted octanol–water partition coefficient (Wildman–Crippen LogP) is 7.74. The SMILES string of the molecule is CC1CCC2(C(=O)O)CCC3(C)C(=CCC4C5(C)CC(O)C(OC(=O)C=Cc6ccc(O)c(O)c6)C(C)(C)C5CCC43C)C2C1C. The zero-order chi connectivity index (χ0) is 33.6. The van der Waals surface area contributed by atoms with Gasteiger partial charge in [-0.3, -0.25) is 4.79 Å². The summed E-state index contributed by atoms with van der Waals surface area (Å²) in [6.45, 7) is 16.1. The quantitative estimate of drug-likeness (QED) is 0.116. The molecule has 0 amide bonds. The average Bonchev–Trinajstić information content (AvgIpc) is 2.97. The van der Waals surface area contributed by atoms with Crippen molar-refractivity contribution in [3.05, 3.63) is 41.5 Å². The molecule has 0 heterocycles. The lowest BCUT2D eigenvalue weighted by molar-refractivity contribution is -0.238. The van der Waals surface area contributed by atoms with Crippen LogP contribution in [0.5, 0.6) is 11.5 Å². The van der Waals surface area contributed by atoms with Crippen molar-refractivity contribution in [2.45, 2.75) is 112 Å². The lowest BCUT2D eigenvalue weighted by Gasteiger charge is -2.71. The number of allylic oxidation sites excluding steroid dienone is 2. The molecule has 0 spiro atoms. The third-order valence-electron chi connectivity index (χ3n) is 15.0. The third kappa shape index (κ3) is 4.53. The number of hydrogen-bond donors (Lipinski definition) is 4. The molecule has 1 aromatic rings. The van der Waals surface area contributed by atoms with Gasteiger partial charge in [0.25, 0.3) is 0 Å². The van der Waals surface area contributed by atoms with Gasteiger partial charge < -0.3 is 25.2 Å². The second kappa shape index (κ2) is 10.9. The number of esters is 1. The Balaban J connectivity index is 1.29. The number of aliphatic hydroxyl groups is 1. The fourth-order valence-corrected chi connectivity index (χ4v) is 12.2. The molecule has 0 bridgehead atoms. The van der Waals surface area contributed by atoms with E-state index < -0.39 is 35.0 Å². The van der Waals surface area contributed by atoms with E-state index in [2.05, 4.69) is 54.5 Å². The highest BCUT2D eigenvalue weighted by molar-refractivity contribution is 5.87. The van der Waals surface area contributed by atoms with E-state index in [9.17, 15) is 30.0 Å². The van der Waals surface area contributed by atoms with Gasteiger partial charge in [0, 0.05) is 11.5 Å². The number of carbonyl (C=O) groups is 2. The molecular weight excluding hydrogens is 580 g/mol. The Kier molecular flexibility index (Phi) is 7.82. The summed E-state index contributed by atoms with van der Waals surface area (Å²) >= 11 is 0. The average molecular weight is 635 g/mol. The number of hydrogen-bond acceptors (Lipinski definition) is 6. The van der Waals surface area contributed by atoms with E-state index in [1.165, 1.54) is 29.9 Å². The summed E-state index contributed by atoms with van der Waals surface area (Å²) in [5, 5.41) is 41.8. The highest BCUT2D eigenvalue weighted by Crippen LogP contribution is 2.75. The fraction of sp³-hybridized carbons (Fsp3) is 0.692. The van der Waals surface area contributed by atoms with E-state index in [0.29, 0.717) is 29.7 Å². The van der Waals surface area contributed by atoms with E-state index in [1.807, 2.05) is 0 Å². The van der Waals surface area contributed by atoms with Crippen molar-refractivity contribution in [2.24, 2.45) is 56.7 Å². The van der Waals surface area contributed by atoms with Crippen LogP contribution in [0.2, 0.25) is 0 Å². The van der Waals surface area contributed by atoms with Crippen molar-refractivity contribution in [1.29, 1.82) is 0 Å². The molecule has 1 aromatic carbocycles. The second-order valence-corrected chi connectivity index (χ2v) is 17.1. The molecule has 7 heteroatoms. The number of rotatable bonds is 4. The zero-order valence-electron chi connectivity index (χ0n) is 28.7. The van der Waals surface area contributed by atoms with Crippen LogP contribution in [-0.2, 0) is 14.3 Å². The lowest BCUT2D eigenvalue weighted by Crippen LogP contribution is -2.67. The zero-order valence-corrected chi connectivity index (χ0v) is 28.7. The summed E-state index contributed by atoms with van der Waals surface area (Å²) in [6.07, 6.45) is 10.6. The van der Waals surface area contributed by atoms with Crippen molar-refractivity contribution in [2.75, 3.05) is 0 Å². The lowest BCUT2D eigenvalue weighted by atomic mass is 9.33. The van der Waals surface area contributed by atoms with Gasteiger partial charge in [0.1, 0.15) is 6.10 Å². The molecule has 6 rings (SSSR count). The van der Waals surface area contributed by atoms with Crippen molar-refractivity contribution >= 4 is 18.0 Å². The first-order chi connectivity index (χ1) is 21.4. The number of carboxylic acids is 1. The van der Waals surface area contributed by atoms with Crippen LogP contribution in [0.15, 0.2) is 35.9 Å². The smallest absolute Gasteiger partial charge is 0.331 e. The number of phenols is 2.